The van der Waals surface area contributed by atoms with Crippen molar-refractivity contribution in [1.29, 1.82) is 0 Å². The number of amides is 1. The van der Waals surface area contributed by atoms with Crippen molar-refractivity contribution in [2.24, 2.45) is 11.8 Å². The number of rotatable bonds is 6. The number of hydrogen-bond acceptors (Lipinski definition) is 5. The maximum absolute atomic E-state index is 13.5. The summed E-state index contributed by atoms with van der Waals surface area (Å²) in [6, 6.07) is 15.1. The van der Waals surface area contributed by atoms with E-state index in [2.05, 4.69) is 22.0 Å². The summed E-state index contributed by atoms with van der Waals surface area (Å²) in [7, 11) is 0. The van der Waals surface area contributed by atoms with Crippen LogP contribution in [0.4, 0.5) is 5.82 Å². The van der Waals surface area contributed by atoms with Crippen molar-refractivity contribution >= 4 is 28.7 Å². The number of pyridine rings is 2. The van der Waals surface area contributed by atoms with Gasteiger partial charge in [-0.15, -0.1) is 5.10 Å². The monoisotopic (exact) mass is 497 g/mol. The summed E-state index contributed by atoms with van der Waals surface area (Å²) in [6.07, 6.45) is 6.88. The lowest BCUT2D eigenvalue weighted by Crippen LogP contribution is -2.43. The molecule has 1 aromatic carbocycles. The van der Waals surface area contributed by atoms with Crippen LogP contribution in [0.25, 0.3) is 28.0 Å². The van der Waals surface area contributed by atoms with Gasteiger partial charge in [0.2, 0.25) is 5.91 Å². The van der Waals surface area contributed by atoms with E-state index in [9.17, 15) is 14.7 Å². The van der Waals surface area contributed by atoms with Crippen molar-refractivity contribution in [1.82, 2.24) is 19.7 Å². The van der Waals surface area contributed by atoms with Gasteiger partial charge in [0.15, 0.2) is 11.5 Å². The third-order valence-corrected chi connectivity index (χ3v) is 7.16. The highest BCUT2D eigenvalue weighted by atomic mass is 16.4. The second-order valence-corrected chi connectivity index (χ2v) is 10.2. The molecule has 37 heavy (non-hydrogen) atoms. The Bertz CT molecular complexity index is 1440. The fraction of sp³-hybridized carbons (Fsp3) is 0.345. The van der Waals surface area contributed by atoms with Gasteiger partial charge in [-0.25, -0.2) is 19.4 Å². The van der Waals surface area contributed by atoms with Gasteiger partial charge in [-0.1, -0.05) is 19.1 Å². The number of benzene rings is 1. The predicted octanol–water partition coefficient (Wildman–Crippen LogP) is 5.75. The zero-order chi connectivity index (χ0) is 26.1. The van der Waals surface area contributed by atoms with Crippen molar-refractivity contribution in [2.45, 2.75) is 52.5 Å². The number of carboxylic acids is 1. The minimum Gasteiger partial charge on any atom is -0.477 e. The van der Waals surface area contributed by atoms with Crippen LogP contribution in [0.3, 0.4) is 0 Å². The fourth-order valence-corrected chi connectivity index (χ4v) is 5.03. The number of nitrogens with zero attached hydrogens (tertiary/aromatic N) is 5. The van der Waals surface area contributed by atoms with E-state index >= 15 is 0 Å². The maximum Gasteiger partial charge on any atom is 0.341 e. The molecule has 3 aromatic heterocycles. The summed E-state index contributed by atoms with van der Waals surface area (Å²) >= 11 is 0. The first-order valence-corrected chi connectivity index (χ1v) is 12.8. The van der Waals surface area contributed by atoms with Gasteiger partial charge in [-0.3, -0.25) is 9.69 Å². The van der Waals surface area contributed by atoms with Crippen LogP contribution >= 0.6 is 0 Å². The molecule has 0 spiro atoms. The first-order valence-electron chi connectivity index (χ1n) is 12.8. The van der Waals surface area contributed by atoms with Gasteiger partial charge in [0, 0.05) is 35.3 Å². The molecule has 5 rings (SSSR count). The summed E-state index contributed by atoms with van der Waals surface area (Å²) in [4.78, 5) is 36.3. The number of anilines is 1. The van der Waals surface area contributed by atoms with Gasteiger partial charge in [0.05, 0.1) is 11.4 Å². The van der Waals surface area contributed by atoms with Crippen LogP contribution in [0.1, 0.15) is 56.8 Å². The molecule has 0 aliphatic heterocycles. The van der Waals surface area contributed by atoms with E-state index in [0.717, 1.165) is 42.3 Å². The first-order chi connectivity index (χ1) is 17.8. The number of aromatic carboxylic acids is 1. The molecule has 1 fully saturated rings. The Morgan fingerprint density at radius 1 is 1.03 bits per heavy atom. The molecule has 1 N–H and O–H groups in total. The highest BCUT2D eigenvalue weighted by Crippen LogP contribution is 2.33. The molecule has 1 saturated carbocycles. The summed E-state index contributed by atoms with van der Waals surface area (Å²) < 4.78 is 1.53. The van der Waals surface area contributed by atoms with Crippen LogP contribution in [-0.2, 0) is 4.79 Å². The van der Waals surface area contributed by atoms with Crippen molar-refractivity contribution in [3.63, 3.8) is 0 Å². The molecule has 0 atom stereocenters. The topological polar surface area (TPSA) is 101 Å². The van der Waals surface area contributed by atoms with Crippen LogP contribution in [0.2, 0.25) is 0 Å². The van der Waals surface area contributed by atoms with Crippen molar-refractivity contribution < 1.29 is 14.7 Å². The van der Waals surface area contributed by atoms with Crippen LogP contribution < -0.4 is 4.90 Å². The molecule has 1 amide bonds. The van der Waals surface area contributed by atoms with Crippen LogP contribution in [0.15, 0.2) is 60.9 Å². The Hall–Kier alpha value is -4.07. The number of aromatic nitrogens is 4. The zero-order valence-electron chi connectivity index (χ0n) is 21.3. The summed E-state index contributed by atoms with van der Waals surface area (Å²) in [6.45, 7) is 6.01. The molecule has 0 radical (unpaired) electrons. The largest absolute Gasteiger partial charge is 0.477 e. The number of carbonyl (C=O) groups excluding carboxylic acids is 1. The predicted molar refractivity (Wildman–Crippen MR) is 143 cm³/mol. The molecule has 4 aromatic rings. The Kier molecular flexibility index (Phi) is 6.74. The Balaban J connectivity index is 1.46. The van der Waals surface area contributed by atoms with Crippen molar-refractivity contribution in [2.75, 3.05) is 4.90 Å². The molecule has 3 heterocycles. The molecule has 0 unspecified atom stereocenters. The number of hydrogen-bond donors (Lipinski definition) is 1. The maximum atomic E-state index is 13.5. The molecule has 8 nitrogen and oxygen atoms in total. The van der Waals surface area contributed by atoms with Gasteiger partial charge in [-0.2, -0.15) is 0 Å². The molecule has 1 aliphatic carbocycles. The molecule has 190 valence electrons. The van der Waals surface area contributed by atoms with Gasteiger partial charge in [0.25, 0.3) is 0 Å². The molecule has 0 bridgehead atoms. The quantitative estimate of drug-likeness (QED) is 0.364. The molecule has 1 aliphatic rings. The lowest BCUT2D eigenvalue weighted by atomic mass is 9.82. The summed E-state index contributed by atoms with van der Waals surface area (Å²) in [5, 5.41) is 15.5. The van der Waals surface area contributed by atoms with Crippen molar-refractivity contribution in [3.05, 3.63) is 66.5 Å². The average molecular weight is 498 g/mol. The third kappa shape index (κ3) is 4.96. The van der Waals surface area contributed by atoms with Crippen LogP contribution in [-0.4, -0.2) is 42.8 Å². The van der Waals surface area contributed by atoms with E-state index in [1.54, 1.807) is 11.1 Å². The van der Waals surface area contributed by atoms with Gasteiger partial charge in [0.1, 0.15) is 5.56 Å². The number of carboxylic acid groups (broad SMARTS) is 1. The molecular weight excluding hydrogens is 466 g/mol. The van der Waals surface area contributed by atoms with Crippen LogP contribution in [0, 0.1) is 11.8 Å². The Morgan fingerprint density at radius 2 is 1.76 bits per heavy atom. The van der Waals surface area contributed by atoms with Crippen molar-refractivity contribution in [3.8, 4) is 16.9 Å². The van der Waals surface area contributed by atoms with E-state index in [-0.39, 0.29) is 29.2 Å². The van der Waals surface area contributed by atoms with Crippen LogP contribution in [0.5, 0.6) is 0 Å². The molecule has 8 heteroatoms. The Morgan fingerprint density at radius 3 is 2.43 bits per heavy atom. The van der Waals surface area contributed by atoms with E-state index in [1.807, 2.05) is 62.4 Å². The summed E-state index contributed by atoms with van der Waals surface area (Å²) in [5.41, 5.74) is 3.09. The second-order valence-electron chi connectivity index (χ2n) is 10.2. The normalized spacial score (nSPS) is 17.7. The standard InChI is InChI=1S/C29H31N5O3/c1-18(2)34(28(35)22-8-6-19(3)7-9-22)27-24(29(36)37)17-33(32-27)23-13-10-20(11-14-23)25-15-12-21-5-4-16-30-26(21)31-25/h4-5,10-19,22H,6-9H2,1-3H3,(H,36,37). The number of fused-ring (bicyclic) bond motifs is 1. The minimum absolute atomic E-state index is 0.0116. The smallest absolute Gasteiger partial charge is 0.341 e. The van der Waals surface area contributed by atoms with E-state index in [1.165, 1.54) is 10.9 Å². The third-order valence-electron chi connectivity index (χ3n) is 7.16. The summed E-state index contributed by atoms with van der Waals surface area (Å²) in [5.74, 6) is -0.442. The van der Waals surface area contributed by atoms with E-state index in [0.29, 0.717) is 17.3 Å². The van der Waals surface area contributed by atoms with Gasteiger partial charge in [-0.05, 0) is 81.8 Å². The minimum atomic E-state index is -1.11. The second kappa shape index (κ2) is 10.1. The molecule has 0 saturated heterocycles. The zero-order valence-corrected chi connectivity index (χ0v) is 21.3. The first kappa shape index (κ1) is 24.6. The van der Waals surface area contributed by atoms with E-state index in [4.69, 9.17) is 0 Å². The van der Waals surface area contributed by atoms with E-state index < -0.39 is 5.97 Å². The highest BCUT2D eigenvalue weighted by molar-refractivity contribution is 6.01. The van der Waals surface area contributed by atoms with Gasteiger partial charge >= 0.3 is 5.97 Å². The Labute approximate surface area is 216 Å². The average Bonchev–Trinajstić information content (AvgIpc) is 3.34. The van der Waals surface area contributed by atoms with Gasteiger partial charge < -0.3 is 5.11 Å². The number of carbonyl (C=O) groups is 2. The fourth-order valence-electron chi connectivity index (χ4n) is 5.03. The lowest BCUT2D eigenvalue weighted by Gasteiger charge is -2.32. The highest BCUT2D eigenvalue weighted by Gasteiger charge is 2.34. The lowest BCUT2D eigenvalue weighted by molar-refractivity contribution is -0.124. The molecular formula is C29H31N5O3. The SMILES string of the molecule is CC1CCC(C(=O)N(c2nn(-c3ccc(-c4ccc5cccnc5n4)cc3)cc2C(=O)O)C(C)C)CC1.